The van der Waals surface area contributed by atoms with Crippen molar-refractivity contribution in [3.8, 4) is 0 Å². The lowest BCUT2D eigenvalue weighted by Crippen LogP contribution is -2.41. The number of carboxylic acids is 1. The standard InChI is InChI=1S/C18H25F2NO4S/c1-11(2)16(18(22)23)17(13-8-14(19)10-15(20)9-13)12-4-6-21(7-5-12)26(3,24)25/h8-12,16-17H,4-7H2,1-3H3,(H,22,23)/t16?,17-/m0/s1. The number of hydrogen-bond acceptors (Lipinski definition) is 3. The van der Waals surface area contributed by atoms with Gasteiger partial charge < -0.3 is 5.11 Å². The summed E-state index contributed by atoms with van der Waals surface area (Å²) < 4.78 is 52.3. The van der Waals surface area contributed by atoms with Crippen LogP contribution >= 0.6 is 0 Å². The van der Waals surface area contributed by atoms with Crippen LogP contribution in [0.2, 0.25) is 0 Å². The third-order valence-corrected chi connectivity index (χ3v) is 6.44. The van der Waals surface area contributed by atoms with Crippen LogP contribution in [0.15, 0.2) is 18.2 Å². The number of piperidine rings is 1. The molecule has 1 fully saturated rings. The molecule has 1 heterocycles. The molecule has 26 heavy (non-hydrogen) atoms. The van der Waals surface area contributed by atoms with E-state index in [0.29, 0.717) is 18.4 Å². The van der Waals surface area contributed by atoms with E-state index < -0.39 is 39.5 Å². The van der Waals surface area contributed by atoms with Gasteiger partial charge in [-0.1, -0.05) is 13.8 Å². The summed E-state index contributed by atoms with van der Waals surface area (Å²) in [5.74, 6) is -4.31. The number of rotatable bonds is 6. The maximum atomic E-state index is 13.8. The van der Waals surface area contributed by atoms with Gasteiger partial charge in [-0.25, -0.2) is 21.5 Å². The van der Waals surface area contributed by atoms with Crippen molar-refractivity contribution in [2.45, 2.75) is 32.6 Å². The number of hydrogen-bond donors (Lipinski definition) is 1. The summed E-state index contributed by atoms with van der Waals surface area (Å²) in [6, 6.07) is 3.14. The van der Waals surface area contributed by atoms with Crippen LogP contribution in [0.1, 0.15) is 38.2 Å². The summed E-state index contributed by atoms with van der Waals surface area (Å²) in [7, 11) is -3.31. The highest BCUT2D eigenvalue weighted by Gasteiger charge is 2.40. The summed E-state index contributed by atoms with van der Waals surface area (Å²) in [5, 5.41) is 9.73. The predicted octanol–water partition coefficient (Wildman–Crippen LogP) is 3.08. The van der Waals surface area contributed by atoms with Crippen molar-refractivity contribution in [1.82, 2.24) is 4.31 Å². The van der Waals surface area contributed by atoms with Crippen LogP contribution < -0.4 is 0 Å². The Balaban J connectivity index is 2.40. The molecule has 1 aliphatic heterocycles. The fraction of sp³-hybridized carbons (Fsp3) is 0.611. The van der Waals surface area contributed by atoms with E-state index in [1.807, 2.05) is 0 Å². The highest BCUT2D eigenvalue weighted by Crippen LogP contribution is 2.42. The third-order valence-electron chi connectivity index (χ3n) is 5.14. The first-order valence-electron chi connectivity index (χ1n) is 8.64. The molecule has 0 aliphatic carbocycles. The molecule has 146 valence electrons. The highest BCUT2D eigenvalue weighted by molar-refractivity contribution is 7.88. The molecule has 0 bridgehead atoms. The minimum absolute atomic E-state index is 0.169. The molecule has 1 N–H and O–H groups in total. The molecule has 1 aliphatic rings. The Labute approximate surface area is 153 Å². The van der Waals surface area contributed by atoms with Crippen LogP contribution in [0.5, 0.6) is 0 Å². The fourth-order valence-corrected chi connectivity index (χ4v) is 4.83. The summed E-state index contributed by atoms with van der Waals surface area (Å²) in [4.78, 5) is 11.9. The Hall–Kier alpha value is -1.54. The number of benzene rings is 1. The van der Waals surface area contributed by atoms with E-state index in [-0.39, 0.29) is 24.9 Å². The van der Waals surface area contributed by atoms with E-state index >= 15 is 0 Å². The van der Waals surface area contributed by atoms with Gasteiger partial charge in [-0.3, -0.25) is 4.79 Å². The van der Waals surface area contributed by atoms with Gasteiger partial charge in [0.25, 0.3) is 0 Å². The summed E-state index contributed by atoms with van der Waals surface area (Å²) >= 11 is 0. The van der Waals surface area contributed by atoms with E-state index in [2.05, 4.69) is 0 Å². The molecule has 0 radical (unpaired) electrons. The minimum Gasteiger partial charge on any atom is -0.481 e. The largest absolute Gasteiger partial charge is 0.481 e. The van der Waals surface area contributed by atoms with Gasteiger partial charge in [-0.15, -0.1) is 0 Å². The number of carboxylic acid groups (broad SMARTS) is 1. The lowest BCUT2D eigenvalue weighted by Gasteiger charge is -2.39. The van der Waals surface area contributed by atoms with Crippen molar-refractivity contribution in [2.75, 3.05) is 19.3 Å². The molecule has 0 spiro atoms. The number of halogens is 2. The molecule has 0 saturated carbocycles. The second-order valence-corrected chi connectivity index (χ2v) is 9.32. The second kappa shape index (κ2) is 8.00. The second-order valence-electron chi connectivity index (χ2n) is 7.34. The molecule has 1 saturated heterocycles. The zero-order valence-electron chi connectivity index (χ0n) is 15.2. The maximum Gasteiger partial charge on any atom is 0.307 e. The Bertz CT molecular complexity index is 738. The first-order valence-corrected chi connectivity index (χ1v) is 10.5. The molecule has 8 heteroatoms. The lowest BCUT2D eigenvalue weighted by molar-refractivity contribution is -0.145. The van der Waals surface area contributed by atoms with Crippen LogP contribution in [0.25, 0.3) is 0 Å². The average Bonchev–Trinajstić information content (AvgIpc) is 2.50. The number of aliphatic carboxylic acids is 1. The lowest BCUT2D eigenvalue weighted by atomic mass is 9.69. The van der Waals surface area contributed by atoms with Gasteiger partial charge in [0, 0.05) is 25.1 Å². The van der Waals surface area contributed by atoms with Crippen LogP contribution in [0, 0.1) is 29.4 Å². The van der Waals surface area contributed by atoms with Gasteiger partial charge in [-0.05, 0) is 42.4 Å². The average molecular weight is 389 g/mol. The number of carbonyl (C=O) groups is 1. The van der Waals surface area contributed by atoms with Crippen molar-refractivity contribution in [3.63, 3.8) is 0 Å². The van der Waals surface area contributed by atoms with Gasteiger partial charge in [-0.2, -0.15) is 0 Å². The van der Waals surface area contributed by atoms with Crippen molar-refractivity contribution in [3.05, 3.63) is 35.4 Å². The Morgan fingerprint density at radius 2 is 1.65 bits per heavy atom. The zero-order valence-corrected chi connectivity index (χ0v) is 16.0. The van der Waals surface area contributed by atoms with Crippen LogP contribution in [0.3, 0.4) is 0 Å². The molecule has 1 unspecified atom stereocenters. The first kappa shape index (κ1) is 20.8. The van der Waals surface area contributed by atoms with E-state index in [9.17, 15) is 27.1 Å². The van der Waals surface area contributed by atoms with Gasteiger partial charge in [0.15, 0.2) is 0 Å². The van der Waals surface area contributed by atoms with Crippen molar-refractivity contribution in [2.24, 2.45) is 17.8 Å². The predicted molar refractivity (Wildman–Crippen MR) is 94.2 cm³/mol. The van der Waals surface area contributed by atoms with Crippen molar-refractivity contribution >= 4 is 16.0 Å². The quantitative estimate of drug-likeness (QED) is 0.811. The topological polar surface area (TPSA) is 74.7 Å². The van der Waals surface area contributed by atoms with Crippen molar-refractivity contribution < 1.29 is 27.1 Å². The maximum absolute atomic E-state index is 13.8. The molecule has 2 rings (SSSR count). The molecule has 2 atom stereocenters. The van der Waals surface area contributed by atoms with E-state index in [4.69, 9.17) is 0 Å². The van der Waals surface area contributed by atoms with E-state index in [1.165, 1.54) is 16.4 Å². The molecular formula is C18H25F2NO4S. The minimum atomic E-state index is -3.31. The number of sulfonamides is 1. The first-order chi connectivity index (χ1) is 12.0. The Morgan fingerprint density at radius 3 is 2.04 bits per heavy atom. The molecule has 0 aromatic heterocycles. The monoisotopic (exact) mass is 389 g/mol. The molecule has 0 amide bonds. The van der Waals surface area contributed by atoms with Gasteiger partial charge in [0.2, 0.25) is 10.0 Å². The van der Waals surface area contributed by atoms with Gasteiger partial charge >= 0.3 is 5.97 Å². The summed E-state index contributed by atoms with van der Waals surface area (Å²) in [6.45, 7) is 4.10. The smallest absolute Gasteiger partial charge is 0.307 e. The van der Waals surface area contributed by atoms with Crippen LogP contribution in [0.4, 0.5) is 8.78 Å². The van der Waals surface area contributed by atoms with Gasteiger partial charge in [0.1, 0.15) is 11.6 Å². The Kier molecular flexibility index (Phi) is 6.39. The third kappa shape index (κ3) is 4.79. The van der Waals surface area contributed by atoms with Crippen molar-refractivity contribution in [1.29, 1.82) is 0 Å². The Morgan fingerprint density at radius 1 is 1.15 bits per heavy atom. The summed E-state index contributed by atoms with van der Waals surface area (Å²) in [6.07, 6.45) is 2.04. The highest BCUT2D eigenvalue weighted by atomic mass is 32.2. The molecule has 1 aromatic rings. The SMILES string of the molecule is CC(C)C(C(=O)O)[C@H](c1cc(F)cc(F)c1)C1CCN(S(C)(=O)=O)CC1. The molecule has 1 aromatic carbocycles. The number of nitrogens with zero attached hydrogens (tertiary/aromatic N) is 1. The molecule has 5 nitrogen and oxygen atoms in total. The molecular weight excluding hydrogens is 364 g/mol. The van der Waals surface area contributed by atoms with E-state index in [0.717, 1.165) is 12.3 Å². The fourth-order valence-electron chi connectivity index (χ4n) is 3.96. The zero-order chi connectivity index (χ0) is 19.6. The van der Waals surface area contributed by atoms with Gasteiger partial charge in [0.05, 0.1) is 12.2 Å². The van der Waals surface area contributed by atoms with Crippen LogP contribution in [-0.2, 0) is 14.8 Å². The van der Waals surface area contributed by atoms with E-state index in [1.54, 1.807) is 13.8 Å². The normalized spacial score (nSPS) is 19.5. The summed E-state index contributed by atoms with van der Waals surface area (Å²) in [5.41, 5.74) is 0.321. The van der Waals surface area contributed by atoms with Crippen LogP contribution in [-0.4, -0.2) is 43.1 Å².